The highest BCUT2D eigenvalue weighted by molar-refractivity contribution is 5.90. The van der Waals surface area contributed by atoms with Gasteiger partial charge in [0.25, 0.3) is 0 Å². The zero-order valence-corrected chi connectivity index (χ0v) is 25.5. The molecule has 3 aliphatic rings. The third-order valence-electron chi connectivity index (χ3n) is 9.70. The Morgan fingerprint density at radius 1 is 0.881 bits per heavy atom. The highest BCUT2D eigenvalue weighted by Gasteiger charge is 2.50. The Morgan fingerprint density at radius 3 is 2.12 bits per heavy atom. The quantitative estimate of drug-likeness (QED) is 0.490. The summed E-state index contributed by atoms with van der Waals surface area (Å²) in [6.45, 7) is 9.43. The highest BCUT2D eigenvalue weighted by atomic mass is 16.4. The van der Waals surface area contributed by atoms with Crippen LogP contribution in [0.2, 0.25) is 0 Å². The Bertz CT molecular complexity index is 1420. The maximum absolute atomic E-state index is 14.6. The van der Waals surface area contributed by atoms with Crippen LogP contribution in [0.4, 0.5) is 0 Å². The van der Waals surface area contributed by atoms with Gasteiger partial charge in [0.1, 0.15) is 0 Å². The number of carboxylic acids is 1. The first-order valence-corrected chi connectivity index (χ1v) is 14.9. The second-order valence-corrected chi connectivity index (χ2v) is 13.3. The van der Waals surface area contributed by atoms with Gasteiger partial charge in [-0.05, 0) is 62.2 Å². The molecule has 2 aliphatic heterocycles. The van der Waals surface area contributed by atoms with Crippen LogP contribution in [0.15, 0.2) is 72.3 Å². The van der Waals surface area contributed by atoms with E-state index in [2.05, 4.69) is 45.1 Å². The van der Waals surface area contributed by atoms with Crippen molar-refractivity contribution in [3.05, 3.63) is 89.0 Å². The van der Waals surface area contributed by atoms with Crippen LogP contribution in [0.5, 0.6) is 0 Å². The van der Waals surface area contributed by atoms with E-state index in [1.165, 1.54) is 11.1 Å². The van der Waals surface area contributed by atoms with Gasteiger partial charge in [-0.15, -0.1) is 0 Å². The van der Waals surface area contributed by atoms with E-state index >= 15 is 0 Å². The van der Waals surface area contributed by atoms with Gasteiger partial charge < -0.3 is 19.8 Å². The molecule has 0 saturated carbocycles. The third-order valence-corrected chi connectivity index (χ3v) is 9.70. The van der Waals surface area contributed by atoms with Crippen molar-refractivity contribution >= 4 is 23.4 Å². The largest absolute Gasteiger partial charge is 0.478 e. The monoisotopic (exact) mass is 569 g/mol. The van der Waals surface area contributed by atoms with Crippen LogP contribution < -0.4 is 0 Å². The molecule has 0 bridgehead atoms. The fourth-order valence-electron chi connectivity index (χ4n) is 7.55. The number of likely N-dealkylation sites (N-methyl/N-ethyl adjacent to an activating group) is 1. The molecule has 2 aromatic carbocycles. The summed E-state index contributed by atoms with van der Waals surface area (Å²) in [4.78, 5) is 44.6. The molecule has 7 heteroatoms. The Hall–Kier alpha value is -3.71. The SMILES string of the molecule is CN(C)CC(=O)N1CCC(C(=O)N2CC=C3C(C)(C)C(c4ccc(C(=O)O)cc4)=CC[C@]3(C)C2)(c2ccccc2)CC1. The fourth-order valence-corrected chi connectivity index (χ4v) is 7.55. The van der Waals surface area contributed by atoms with Crippen LogP contribution in [0.1, 0.15) is 61.5 Å². The minimum Gasteiger partial charge on any atom is -0.478 e. The van der Waals surface area contributed by atoms with Crippen molar-refractivity contribution in [1.82, 2.24) is 14.7 Å². The maximum Gasteiger partial charge on any atom is 0.335 e. The Labute approximate surface area is 249 Å². The number of likely N-dealkylation sites (tertiary alicyclic amines) is 1. The number of nitrogens with zero attached hydrogens (tertiary/aromatic N) is 3. The van der Waals surface area contributed by atoms with Crippen LogP contribution in [0.3, 0.4) is 0 Å². The van der Waals surface area contributed by atoms with Crippen molar-refractivity contribution in [1.29, 1.82) is 0 Å². The topological polar surface area (TPSA) is 81.2 Å². The molecule has 2 amide bonds. The van der Waals surface area contributed by atoms with Gasteiger partial charge in [-0.1, -0.05) is 81.0 Å². The summed E-state index contributed by atoms with van der Waals surface area (Å²) in [5, 5.41) is 9.33. The Morgan fingerprint density at radius 2 is 1.52 bits per heavy atom. The normalized spacial score (nSPS) is 23.1. The first-order valence-electron chi connectivity index (χ1n) is 14.9. The summed E-state index contributed by atoms with van der Waals surface area (Å²) in [7, 11) is 3.80. The van der Waals surface area contributed by atoms with Gasteiger partial charge in [0.05, 0.1) is 17.5 Å². The number of allylic oxidation sites excluding steroid dienone is 2. The lowest BCUT2D eigenvalue weighted by molar-refractivity contribution is -0.144. The first kappa shape index (κ1) is 29.8. The predicted octanol–water partition coefficient (Wildman–Crippen LogP) is 5.10. The molecule has 0 radical (unpaired) electrons. The molecule has 7 nitrogen and oxygen atoms in total. The fraction of sp³-hybridized carbons (Fsp3) is 0.457. The minimum absolute atomic E-state index is 0.108. The van der Waals surface area contributed by atoms with Crippen LogP contribution >= 0.6 is 0 Å². The molecule has 2 aromatic rings. The highest BCUT2D eigenvalue weighted by Crippen LogP contribution is 2.55. The number of rotatable bonds is 6. The lowest BCUT2D eigenvalue weighted by atomic mass is 9.58. The van der Waals surface area contributed by atoms with E-state index in [9.17, 15) is 19.5 Å². The molecule has 1 atom stereocenters. The number of benzene rings is 2. The predicted molar refractivity (Wildman–Crippen MR) is 165 cm³/mol. The Kier molecular flexibility index (Phi) is 7.92. The third kappa shape index (κ3) is 5.31. The number of piperidine rings is 1. The molecule has 0 spiro atoms. The van der Waals surface area contributed by atoms with Gasteiger partial charge >= 0.3 is 5.97 Å². The minimum atomic E-state index is -0.926. The number of hydrogen-bond donors (Lipinski definition) is 1. The maximum atomic E-state index is 14.6. The molecular weight excluding hydrogens is 526 g/mol. The number of carbonyl (C=O) groups is 3. The van der Waals surface area contributed by atoms with Crippen molar-refractivity contribution in [2.45, 2.75) is 45.4 Å². The molecular formula is C35H43N3O4. The van der Waals surface area contributed by atoms with Gasteiger partial charge in [0.15, 0.2) is 0 Å². The molecule has 1 N–H and O–H groups in total. The summed E-state index contributed by atoms with van der Waals surface area (Å²) in [6.07, 6.45) is 6.56. The standard InChI is InChI=1S/C35H43N3O4/c1-33(2)28(25-11-13-26(14-12-25)31(40)41)15-17-34(3)24-38(20-16-29(33)34)32(42)35(27-9-7-6-8-10-27)18-21-37(22-19-35)30(39)23-36(4)5/h6-16H,17-24H2,1-5H3,(H,40,41)/t34-/m1/s1. The van der Waals surface area contributed by atoms with Gasteiger partial charge in [-0.25, -0.2) is 4.79 Å². The van der Waals surface area contributed by atoms with Crippen LogP contribution in [-0.2, 0) is 15.0 Å². The van der Waals surface area contributed by atoms with Crippen molar-refractivity contribution in [3.8, 4) is 0 Å². The number of carboxylic acid groups (broad SMARTS) is 1. The summed E-state index contributed by atoms with van der Waals surface area (Å²) < 4.78 is 0. The summed E-state index contributed by atoms with van der Waals surface area (Å²) in [6, 6.07) is 17.3. The van der Waals surface area contributed by atoms with Crippen LogP contribution in [0.25, 0.3) is 5.57 Å². The zero-order valence-electron chi connectivity index (χ0n) is 25.5. The number of fused-ring (bicyclic) bond motifs is 1. The second kappa shape index (κ2) is 11.2. The summed E-state index contributed by atoms with van der Waals surface area (Å²) in [5.41, 5.74) is 3.74. The number of aromatic carboxylic acids is 1. The van der Waals surface area contributed by atoms with E-state index in [-0.39, 0.29) is 28.2 Å². The smallest absolute Gasteiger partial charge is 0.335 e. The van der Waals surface area contributed by atoms with E-state index in [1.54, 1.807) is 12.1 Å². The van der Waals surface area contributed by atoms with E-state index < -0.39 is 11.4 Å². The van der Waals surface area contributed by atoms with E-state index in [4.69, 9.17) is 0 Å². The number of hydrogen-bond acceptors (Lipinski definition) is 4. The van der Waals surface area contributed by atoms with E-state index in [0.717, 1.165) is 17.5 Å². The summed E-state index contributed by atoms with van der Waals surface area (Å²) >= 11 is 0. The van der Waals surface area contributed by atoms with Gasteiger partial charge in [0.2, 0.25) is 11.8 Å². The van der Waals surface area contributed by atoms with Gasteiger partial charge in [-0.2, -0.15) is 0 Å². The molecule has 0 aromatic heterocycles. The van der Waals surface area contributed by atoms with E-state index in [0.29, 0.717) is 45.6 Å². The second-order valence-electron chi connectivity index (χ2n) is 13.3. The van der Waals surface area contributed by atoms with Crippen LogP contribution in [0, 0.1) is 10.8 Å². The molecule has 1 aliphatic carbocycles. The molecule has 42 heavy (non-hydrogen) atoms. The van der Waals surface area contributed by atoms with Crippen molar-refractivity contribution in [2.75, 3.05) is 46.8 Å². The number of amides is 2. The number of carbonyl (C=O) groups excluding carboxylic acids is 2. The van der Waals surface area contributed by atoms with Crippen LogP contribution in [-0.4, -0.2) is 84.4 Å². The van der Waals surface area contributed by atoms with Crippen molar-refractivity contribution in [3.63, 3.8) is 0 Å². The molecule has 0 unspecified atom stereocenters. The first-order chi connectivity index (χ1) is 19.9. The average molecular weight is 570 g/mol. The molecule has 5 rings (SSSR count). The molecule has 2 heterocycles. The van der Waals surface area contributed by atoms with Gasteiger partial charge in [0, 0.05) is 37.0 Å². The average Bonchev–Trinajstić information content (AvgIpc) is 2.96. The molecule has 222 valence electrons. The van der Waals surface area contributed by atoms with E-state index in [1.807, 2.05) is 59.1 Å². The molecule has 1 saturated heterocycles. The lowest BCUT2D eigenvalue weighted by Gasteiger charge is -2.52. The van der Waals surface area contributed by atoms with Crippen molar-refractivity contribution in [2.24, 2.45) is 10.8 Å². The van der Waals surface area contributed by atoms with Gasteiger partial charge in [-0.3, -0.25) is 9.59 Å². The lowest BCUT2D eigenvalue weighted by Crippen LogP contribution is -2.57. The zero-order chi connectivity index (χ0) is 30.3. The van der Waals surface area contributed by atoms with Crippen molar-refractivity contribution < 1.29 is 19.5 Å². The summed E-state index contributed by atoms with van der Waals surface area (Å²) in [5.74, 6) is -0.663. The molecule has 1 fully saturated rings. The Balaban J connectivity index is 1.40.